The zero-order valence-electron chi connectivity index (χ0n) is 8.76. The van der Waals surface area contributed by atoms with E-state index in [9.17, 15) is 4.79 Å². The van der Waals surface area contributed by atoms with Crippen LogP contribution in [0.25, 0.3) is 0 Å². The van der Waals surface area contributed by atoms with Crippen molar-refractivity contribution in [2.45, 2.75) is 0 Å². The number of nitrogens with zero attached hydrogens (tertiary/aromatic N) is 2. The van der Waals surface area contributed by atoms with Crippen molar-refractivity contribution in [2.75, 3.05) is 20.3 Å². The molecule has 1 heterocycles. The number of carbonyl (C=O) groups is 1. The van der Waals surface area contributed by atoms with Gasteiger partial charge in [0.15, 0.2) is 5.78 Å². The largest absolute Gasteiger partial charge is 0.362 e. The van der Waals surface area contributed by atoms with E-state index >= 15 is 0 Å². The summed E-state index contributed by atoms with van der Waals surface area (Å²) in [5, 5.41) is 0. The van der Waals surface area contributed by atoms with Gasteiger partial charge in [-0.1, -0.05) is 30.3 Å². The molecule has 78 valence electrons. The number of hydrogen-bond acceptors (Lipinski definition) is 3. The normalized spacial score (nSPS) is 14.7. The van der Waals surface area contributed by atoms with Crippen molar-refractivity contribution in [3.63, 3.8) is 0 Å². The summed E-state index contributed by atoms with van der Waals surface area (Å²) >= 11 is 0. The summed E-state index contributed by atoms with van der Waals surface area (Å²) in [6, 6.07) is 9.40. The van der Waals surface area contributed by atoms with E-state index < -0.39 is 0 Å². The van der Waals surface area contributed by atoms with Crippen molar-refractivity contribution in [2.24, 2.45) is 0 Å². The molecule has 1 aromatic carbocycles. The highest BCUT2D eigenvalue weighted by atomic mass is 16.1. The minimum atomic E-state index is 0.163. The Morgan fingerprint density at radius 3 is 2.60 bits per heavy atom. The monoisotopic (exact) mass is 202 g/mol. The van der Waals surface area contributed by atoms with Crippen LogP contribution in [0.1, 0.15) is 10.4 Å². The molecule has 0 saturated carbocycles. The van der Waals surface area contributed by atoms with Gasteiger partial charge in [0, 0.05) is 25.0 Å². The predicted molar refractivity (Wildman–Crippen MR) is 59.2 cm³/mol. The lowest BCUT2D eigenvalue weighted by Crippen LogP contribution is -2.27. The first-order valence-electron chi connectivity index (χ1n) is 4.96. The van der Waals surface area contributed by atoms with E-state index in [1.54, 1.807) is 0 Å². The summed E-state index contributed by atoms with van der Waals surface area (Å²) in [6.45, 7) is 1.24. The first-order valence-corrected chi connectivity index (χ1v) is 4.96. The summed E-state index contributed by atoms with van der Waals surface area (Å²) in [4.78, 5) is 15.8. The van der Waals surface area contributed by atoms with Gasteiger partial charge < -0.3 is 9.80 Å². The molecule has 15 heavy (non-hydrogen) atoms. The smallest absolute Gasteiger partial charge is 0.182 e. The van der Waals surface area contributed by atoms with E-state index in [0.717, 1.165) is 12.2 Å². The minimum Gasteiger partial charge on any atom is -0.362 e. The van der Waals surface area contributed by atoms with Crippen LogP contribution in [0.3, 0.4) is 0 Å². The van der Waals surface area contributed by atoms with Crippen molar-refractivity contribution in [1.82, 2.24) is 9.80 Å². The lowest BCUT2D eigenvalue weighted by molar-refractivity contribution is 0.0948. The zero-order chi connectivity index (χ0) is 10.7. The Balaban J connectivity index is 1.96. The molecule has 0 radical (unpaired) electrons. The summed E-state index contributed by atoms with van der Waals surface area (Å²) in [5.41, 5.74) is 0.778. The first-order chi connectivity index (χ1) is 7.25. The van der Waals surface area contributed by atoms with E-state index in [-0.39, 0.29) is 5.78 Å². The molecule has 2 rings (SSSR count). The molecule has 1 aromatic rings. The number of benzene rings is 1. The van der Waals surface area contributed by atoms with Crippen LogP contribution < -0.4 is 0 Å². The Morgan fingerprint density at radius 2 is 2.00 bits per heavy atom. The van der Waals surface area contributed by atoms with Crippen molar-refractivity contribution in [3.05, 3.63) is 48.3 Å². The number of Topliss-reactive ketones (excluding diaryl/α,β-unsaturated/α-hetero) is 1. The van der Waals surface area contributed by atoms with Crippen LogP contribution in [0, 0.1) is 0 Å². The summed E-state index contributed by atoms with van der Waals surface area (Å²) in [5.74, 6) is 0.163. The molecular formula is C12H14N2O. The summed E-state index contributed by atoms with van der Waals surface area (Å²) in [7, 11) is 1.99. The van der Waals surface area contributed by atoms with Gasteiger partial charge in [0.2, 0.25) is 0 Å². The number of carbonyl (C=O) groups excluding carboxylic acids is 1. The average Bonchev–Trinajstić information content (AvgIpc) is 2.65. The summed E-state index contributed by atoms with van der Waals surface area (Å²) < 4.78 is 0. The summed E-state index contributed by atoms with van der Waals surface area (Å²) in [6.07, 6.45) is 3.92. The van der Waals surface area contributed by atoms with E-state index in [0.29, 0.717) is 6.54 Å². The Hall–Kier alpha value is -1.77. The zero-order valence-corrected chi connectivity index (χ0v) is 8.76. The van der Waals surface area contributed by atoms with Gasteiger partial charge in [-0.25, -0.2) is 0 Å². The standard InChI is InChI=1S/C12H14N2O/c1-13-7-8-14(10-13)9-12(15)11-5-3-2-4-6-11/h2-8H,9-10H2,1H3. The fraction of sp³-hybridized carbons (Fsp3) is 0.250. The van der Waals surface area contributed by atoms with E-state index in [4.69, 9.17) is 0 Å². The number of ketones is 1. The average molecular weight is 202 g/mol. The lowest BCUT2D eigenvalue weighted by Gasteiger charge is -2.16. The Labute approximate surface area is 89.6 Å². The van der Waals surface area contributed by atoms with Crippen molar-refractivity contribution >= 4 is 5.78 Å². The highest BCUT2D eigenvalue weighted by Gasteiger charge is 2.13. The highest BCUT2D eigenvalue weighted by Crippen LogP contribution is 2.06. The Morgan fingerprint density at radius 1 is 1.27 bits per heavy atom. The second-order valence-electron chi connectivity index (χ2n) is 3.73. The maximum Gasteiger partial charge on any atom is 0.182 e. The fourth-order valence-electron chi connectivity index (χ4n) is 1.59. The lowest BCUT2D eigenvalue weighted by atomic mass is 10.1. The van der Waals surface area contributed by atoms with Gasteiger partial charge in [-0.2, -0.15) is 0 Å². The second kappa shape index (κ2) is 4.17. The van der Waals surface area contributed by atoms with Crippen LogP contribution in [0.4, 0.5) is 0 Å². The third-order valence-electron chi connectivity index (χ3n) is 2.38. The van der Waals surface area contributed by atoms with Crippen molar-refractivity contribution in [3.8, 4) is 0 Å². The number of hydrogen-bond donors (Lipinski definition) is 0. The molecular weight excluding hydrogens is 188 g/mol. The minimum absolute atomic E-state index is 0.163. The van der Waals surface area contributed by atoms with Crippen molar-refractivity contribution < 1.29 is 4.79 Å². The molecule has 0 spiro atoms. The molecule has 0 unspecified atom stereocenters. The molecule has 1 aliphatic heterocycles. The maximum atomic E-state index is 11.8. The van der Waals surface area contributed by atoms with Gasteiger partial charge in [-0.3, -0.25) is 4.79 Å². The SMILES string of the molecule is CN1C=CN(CC(=O)c2ccccc2)C1. The Bertz CT molecular complexity index is 372. The molecule has 0 N–H and O–H groups in total. The van der Waals surface area contributed by atoms with Gasteiger partial charge in [0.05, 0.1) is 13.2 Å². The van der Waals surface area contributed by atoms with Crippen LogP contribution >= 0.6 is 0 Å². The van der Waals surface area contributed by atoms with E-state index in [1.807, 2.05) is 59.6 Å². The van der Waals surface area contributed by atoms with Crippen molar-refractivity contribution in [1.29, 1.82) is 0 Å². The molecule has 3 nitrogen and oxygen atoms in total. The van der Waals surface area contributed by atoms with Gasteiger partial charge in [0.1, 0.15) is 0 Å². The first kappa shape index (κ1) is 9.77. The molecule has 0 fully saturated rings. The molecule has 1 aliphatic rings. The second-order valence-corrected chi connectivity index (χ2v) is 3.73. The van der Waals surface area contributed by atoms with Gasteiger partial charge >= 0.3 is 0 Å². The Kier molecular flexibility index (Phi) is 2.72. The highest BCUT2D eigenvalue weighted by molar-refractivity contribution is 5.97. The molecule has 0 atom stereocenters. The topological polar surface area (TPSA) is 23.6 Å². The molecule has 0 amide bonds. The predicted octanol–water partition coefficient (Wildman–Crippen LogP) is 1.55. The van der Waals surface area contributed by atoms with Crippen LogP contribution in [0.15, 0.2) is 42.7 Å². The van der Waals surface area contributed by atoms with E-state index in [1.165, 1.54) is 0 Å². The molecule has 0 saturated heterocycles. The molecule has 0 aliphatic carbocycles. The third kappa shape index (κ3) is 2.37. The number of rotatable bonds is 3. The quantitative estimate of drug-likeness (QED) is 0.695. The van der Waals surface area contributed by atoms with Crippen LogP contribution in [-0.2, 0) is 0 Å². The molecule has 0 aromatic heterocycles. The van der Waals surface area contributed by atoms with Crippen LogP contribution in [0.2, 0.25) is 0 Å². The van der Waals surface area contributed by atoms with Crippen LogP contribution in [-0.4, -0.2) is 35.8 Å². The van der Waals surface area contributed by atoms with Gasteiger partial charge in [0.25, 0.3) is 0 Å². The van der Waals surface area contributed by atoms with E-state index in [2.05, 4.69) is 0 Å². The van der Waals surface area contributed by atoms with Gasteiger partial charge in [-0.05, 0) is 0 Å². The molecule has 3 heteroatoms. The van der Waals surface area contributed by atoms with Crippen LogP contribution in [0.5, 0.6) is 0 Å². The fourth-order valence-corrected chi connectivity index (χ4v) is 1.59. The van der Waals surface area contributed by atoms with Gasteiger partial charge in [-0.15, -0.1) is 0 Å². The maximum absolute atomic E-state index is 11.8. The third-order valence-corrected chi connectivity index (χ3v) is 2.38. The molecule has 0 bridgehead atoms.